The number of thiocarbonyl (C=S) groups is 1. The second-order valence-corrected chi connectivity index (χ2v) is 11.5. The van der Waals surface area contributed by atoms with Gasteiger partial charge in [-0.05, 0) is 113 Å². The summed E-state index contributed by atoms with van der Waals surface area (Å²) >= 11 is 7.03. The maximum atomic E-state index is 13.7. The Morgan fingerprint density at radius 2 is 1.87 bits per heavy atom. The molecule has 0 atom stereocenters. The van der Waals surface area contributed by atoms with Crippen molar-refractivity contribution < 1.29 is 19.1 Å². The minimum Gasteiger partial charge on any atom is -0.462 e. The largest absolute Gasteiger partial charge is 0.462 e. The van der Waals surface area contributed by atoms with Crippen LogP contribution in [0.3, 0.4) is 0 Å². The fourth-order valence-corrected chi connectivity index (χ4v) is 7.12. The third-order valence-corrected chi connectivity index (χ3v) is 8.87. The van der Waals surface area contributed by atoms with Gasteiger partial charge >= 0.3 is 5.97 Å². The van der Waals surface area contributed by atoms with Gasteiger partial charge < -0.3 is 9.30 Å². The van der Waals surface area contributed by atoms with E-state index in [0.717, 1.165) is 64.3 Å². The summed E-state index contributed by atoms with van der Waals surface area (Å²) in [6.07, 6.45) is 5.58. The Morgan fingerprint density at radius 1 is 1.13 bits per heavy atom. The summed E-state index contributed by atoms with van der Waals surface area (Å²) in [7, 11) is 0. The van der Waals surface area contributed by atoms with E-state index >= 15 is 0 Å². The molecule has 0 spiro atoms. The van der Waals surface area contributed by atoms with Gasteiger partial charge in [0, 0.05) is 16.3 Å². The van der Waals surface area contributed by atoms with Crippen molar-refractivity contribution in [2.45, 2.75) is 60.3 Å². The van der Waals surface area contributed by atoms with Crippen molar-refractivity contribution in [2.24, 2.45) is 0 Å². The summed E-state index contributed by atoms with van der Waals surface area (Å²) in [4.78, 5) is 42.4. The molecule has 1 aliphatic heterocycles. The summed E-state index contributed by atoms with van der Waals surface area (Å²) < 4.78 is 7.50. The predicted molar refractivity (Wildman–Crippen MR) is 158 cm³/mol. The molecule has 2 aromatic heterocycles. The van der Waals surface area contributed by atoms with E-state index in [-0.39, 0.29) is 16.7 Å². The van der Waals surface area contributed by atoms with Crippen LogP contribution >= 0.6 is 23.6 Å². The zero-order chi connectivity index (χ0) is 28.0. The lowest BCUT2D eigenvalue weighted by Crippen LogP contribution is -2.54. The van der Waals surface area contributed by atoms with Gasteiger partial charge in [-0.3, -0.25) is 19.8 Å². The average Bonchev–Trinajstić information content (AvgIpc) is 3.39. The molecule has 0 radical (unpaired) electrons. The monoisotopic (exact) mass is 561 g/mol. The van der Waals surface area contributed by atoms with E-state index in [2.05, 4.69) is 5.32 Å². The molecule has 7 nitrogen and oxygen atoms in total. The van der Waals surface area contributed by atoms with Crippen molar-refractivity contribution in [2.75, 3.05) is 11.5 Å². The first-order chi connectivity index (χ1) is 18.6. The number of carbonyl (C=O) groups is 3. The number of benzene rings is 1. The minimum absolute atomic E-state index is 0.000784. The van der Waals surface area contributed by atoms with E-state index in [0.29, 0.717) is 17.9 Å². The van der Waals surface area contributed by atoms with Crippen LogP contribution in [0.25, 0.3) is 11.1 Å². The Labute approximate surface area is 237 Å². The van der Waals surface area contributed by atoms with E-state index in [1.54, 1.807) is 17.4 Å². The van der Waals surface area contributed by atoms with E-state index in [9.17, 15) is 14.4 Å². The molecule has 1 aromatic carbocycles. The summed E-state index contributed by atoms with van der Waals surface area (Å²) in [5.41, 5.74) is 6.67. The van der Waals surface area contributed by atoms with Crippen LogP contribution in [0.1, 0.15) is 68.6 Å². The predicted octanol–water partition coefficient (Wildman–Crippen LogP) is 5.66. The minimum atomic E-state index is -0.532. The molecule has 1 fully saturated rings. The topological polar surface area (TPSA) is 80.6 Å². The lowest BCUT2D eigenvalue weighted by molar-refractivity contribution is -0.122. The van der Waals surface area contributed by atoms with Crippen LogP contribution in [0.5, 0.6) is 0 Å². The number of nitrogens with one attached hydrogen (secondary N) is 1. The normalized spacial score (nSPS) is 16.5. The second-order valence-electron chi connectivity index (χ2n) is 10.0. The molecule has 1 N–H and O–H groups in total. The van der Waals surface area contributed by atoms with Crippen LogP contribution in [0.2, 0.25) is 0 Å². The zero-order valence-corrected chi connectivity index (χ0v) is 24.4. The summed E-state index contributed by atoms with van der Waals surface area (Å²) in [5.74, 6) is -1.31. The number of esters is 1. The van der Waals surface area contributed by atoms with Crippen LogP contribution in [0.15, 0.2) is 29.8 Å². The van der Waals surface area contributed by atoms with Crippen LogP contribution < -0.4 is 10.2 Å². The van der Waals surface area contributed by atoms with Crippen molar-refractivity contribution in [3.8, 4) is 5.00 Å². The van der Waals surface area contributed by atoms with Crippen molar-refractivity contribution in [3.05, 3.63) is 73.9 Å². The van der Waals surface area contributed by atoms with Gasteiger partial charge in [0.25, 0.3) is 11.8 Å². The van der Waals surface area contributed by atoms with Crippen LogP contribution in [-0.2, 0) is 27.2 Å². The molecule has 202 valence electrons. The van der Waals surface area contributed by atoms with Crippen molar-refractivity contribution in [1.29, 1.82) is 0 Å². The smallest absolute Gasteiger partial charge is 0.341 e. The standard InChI is InChI=1S/C30H31N3O4S2/c1-6-37-29(36)25-21-9-7-8-10-24(21)39-28(25)32-18(4)14-20(19(32)5)15-22-26(34)31-30(38)33(27(22)35)23-13-16(2)11-12-17(23)3/h11-15H,6-10H2,1-5H3,(H,31,34,38)/b22-15+. The molecule has 1 saturated heterocycles. The number of rotatable bonds is 5. The number of aryl methyl sites for hydroxylation is 4. The first-order valence-corrected chi connectivity index (χ1v) is 14.3. The SMILES string of the molecule is CCOC(=O)c1c(-n2c(C)cc(/C=C3\C(=O)NC(=S)N(c4cc(C)ccc4C)C3=O)c2C)sc2c1CCCC2. The Balaban J connectivity index is 1.60. The van der Waals surface area contributed by atoms with Crippen LogP contribution in [0.4, 0.5) is 5.69 Å². The molecular weight excluding hydrogens is 530 g/mol. The summed E-state index contributed by atoms with van der Waals surface area (Å²) in [5, 5.41) is 3.57. The Morgan fingerprint density at radius 3 is 2.62 bits per heavy atom. The molecule has 2 aliphatic rings. The number of ether oxygens (including phenoxy) is 1. The van der Waals surface area contributed by atoms with Gasteiger partial charge in [0.2, 0.25) is 0 Å². The molecule has 0 unspecified atom stereocenters. The maximum Gasteiger partial charge on any atom is 0.341 e. The molecule has 5 rings (SSSR count). The van der Waals surface area contributed by atoms with Gasteiger partial charge in [-0.1, -0.05) is 12.1 Å². The molecule has 0 saturated carbocycles. The number of hydrogen-bond donors (Lipinski definition) is 1. The van der Waals surface area contributed by atoms with Gasteiger partial charge in [-0.2, -0.15) is 0 Å². The quantitative estimate of drug-likeness (QED) is 0.188. The number of fused-ring (bicyclic) bond motifs is 1. The number of hydrogen-bond acceptors (Lipinski definition) is 6. The van der Waals surface area contributed by atoms with Gasteiger partial charge in [0.05, 0.1) is 17.9 Å². The highest BCUT2D eigenvalue weighted by Crippen LogP contribution is 2.39. The van der Waals surface area contributed by atoms with E-state index < -0.39 is 11.8 Å². The molecular formula is C30H31N3O4S2. The number of thiophene rings is 1. The fourth-order valence-electron chi connectivity index (χ4n) is 5.36. The highest BCUT2D eigenvalue weighted by molar-refractivity contribution is 7.80. The lowest BCUT2D eigenvalue weighted by atomic mass is 9.95. The second kappa shape index (κ2) is 10.5. The van der Waals surface area contributed by atoms with Crippen LogP contribution in [-0.4, -0.2) is 34.1 Å². The molecule has 1 aliphatic carbocycles. The van der Waals surface area contributed by atoms with Gasteiger partial charge in [0.1, 0.15) is 10.6 Å². The molecule has 3 heterocycles. The number of anilines is 1. The first-order valence-electron chi connectivity index (χ1n) is 13.1. The number of carbonyl (C=O) groups excluding carboxylic acids is 3. The summed E-state index contributed by atoms with van der Waals surface area (Å²) in [6.45, 7) is 9.86. The zero-order valence-electron chi connectivity index (χ0n) is 22.8. The maximum absolute atomic E-state index is 13.7. The van der Waals surface area contributed by atoms with E-state index in [4.69, 9.17) is 17.0 Å². The third-order valence-electron chi connectivity index (χ3n) is 7.31. The highest BCUT2D eigenvalue weighted by Gasteiger charge is 2.36. The Bertz CT molecular complexity index is 1580. The van der Waals surface area contributed by atoms with Crippen molar-refractivity contribution in [1.82, 2.24) is 9.88 Å². The van der Waals surface area contributed by atoms with Gasteiger partial charge in [-0.15, -0.1) is 11.3 Å². The van der Waals surface area contributed by atoms with Gasteiger partial charge in [-0.25, -0.2) is 4.79 Å². The molecule has 9 heteroatoms. The van der Waals surface area contributed by atoms with Crippen molar-refractivity contribution in [3.63, 3.8) is 0 Å². The van der Waals surface area contributed by atoms with Crippen molar-refractivity contribution >= 4 is 58.2 Å². The van der Waals surface area contributed by atoms with E-state index in [1.165, 1.54) is 9.78 Å². The number of aromatic nitrogens is 1. The van der Waals surface area contributed by atoms with Gasteiger partial charge in [0.15, 0.2) is 5.11 Å². The highest BCUT2D eigenvalue weighted by atomic mass is 32.1. The lowest BCUT2D eigenvalue weighted by Gasteiger charge is -2.30. The average molecular weight is 562 g/mol. The number of amides is 2. The summed E-state index contributed by atoms with van der Waals surface area (Å²) in [6, 6.07) is 7.71. The molecule has 0 bridgehead atoms. The number of nitrogens with zero attached hydrogens (tertiary/aromatic N) is 2. The van der Waals surface area contributed by atoms with Crippen LogP contribution in [0, 0.1) is 27.7 Å². The molecule has 3 aromatic rings. The fraction of sp³-hybridized carbons (Fsp3) is 0.333. The molecule has 2 amide bonds. The first kappa shape index (κ1) is 27.0. The van der Waals surface area contributed by atoms with E-state index in [1.807, 2.05) is 63.5 Å². The third kappa shape index (κ3) is 4.74. The molecule has 39 heavy (non-hydrogen) atoms. The Kier molecular flexibility index (Phi) is 7.31. The Hall–Kier alpha value is -3.56.